The van der Waals surface area contributed by atoms with Crippen LogP contribution in [-0.4, -0.2) is 15.0 Å². The third kappa shape index (κ3) is 2.70. The van der Waals surface area contributed by atoms with Gasteiger partial charge in [-0.1, -0.05) is 32.4 Å². The zero-order valence-corrected chi connectivity index (χ0v) is 11.7. The second kappa shape index (κ2) is 6.25. The van der Waals surface area contributed by atoms with E-state index < -0.39 is 11.8 Å². The third-order valence-corrected chi connectivity index (χ3v) is 3.37. The number of hydrogen-bond donors (Lipinski definition) is 0. The van der Waals surface area contributed by atoms with Crippen LogP contribution in [0.25, 0.3) is 0 Å². The van der Waals surface area contributed by atoms with Crippen molar-refractivity contribution in [1.29, 1.82) is 0 Å². The average Bonchev–Trinajstić information content (AvgIpc) is 2.78. The van der Waals surface area contributed by atoms with Crippen LogP contribution in [0, 0.1) is 5.92 Å². The summed E-state index contributed by atoms with van der Waals surface area (Å²) in [6.45, 7) is 8.10. The van der Waals surface area contributed by atoms with Gasteiger partial charge < -0.3 is 0 Å². The second-order valence-corrected chi connectivity index (χ2v) is 4.47. The van der Waals surface area contributed by atoms with Crippen molar-refractivity contribution in [3.63, 3.8) is 0 Å². The molecule has 0 N–H and O–H groups in total. The van der Waals surface area contributed by atoms with Crippen LogP contribution in [0.4, 0.5) is 8.78 Å². The summed E-state index contributed by atoms with van der Waals surface area (Å²) < 4.78 is 29.7. The second-order valence-electron chi connectivity index (χ2n) is 4.47. The Morgan fingerprint density at radius 3 is 2.61 bits per heavy atom. The molecular formula is C13H23F2N3. The molecule has 1 unspecified atom stereocenters. The third-order valence-electron chi connectivity index (χ3n) is 3.37. The minimum atomic E-state index is -2.83. The van der Waals surface area contributed by atoms with Gasteiger partial charge >= 0.3 is 0 Å². The highest BCUT2D eigenvalue weighted by Gasteiger charge is 2.44. The van der Waals surface area contributed by atoms with Gasteiger partial charge in [0.25, 0.3) is 5.92 Å². The molecule has 0 saturated carbocycles. The van der Waals surface area contributed by atoms with Crippen molar-refractivity contribution in [2.45, 2.75) is 65.8 Å². The van der Waals surface area contributed by atoms with E-state index in [1.165, 1.54) is 0 Å². The molecule has 1 heterocycles. The summed E-state index contributed by atoms with van der Waals surface area (Å²) >= 11 is 0. The van der Waals surface area contributed by atoms with E-state index in [9.17, 15) is 8.78 Å². The Labute approximate surface area is 108 Å². The lowest BCUT2D eigenvalue weighted by molar-refractivity contribution is -0.0681. The van der Waals surface area contributed by atoms with Crippen LogP contribution in [0.15, 0.2) is 0 Å². The molecule has 0 radical (unpaired) electrons. The van der Waals surface area contributed by atoms with Gasteiger partial charge in [0.2, 0.25) is 0 Å². The molecule has 0 amide bonds. The monoisotopic (exact) mass is 259 g/mol. The first-order valence-corrected chi connectivity index (χ1v) is 6.88. The first kappa shape index (κ1) is 15.1. The van der Waals surface area contributed by atoms with Crippen molar-refractivity contribution in [2.24, 2.45) is 5.92 Å². The van der Waals surface area contributed by atoms with Gasteiger partial charge in [-0.15, -0.1) is 5.10 Å². The quantitative estimate of drug-likeness (QED) is 0.768. The van der Waals surface area contributed by atoms with Gasteiger partial charge in [-0.2, -0.15) is 8.78 Å². The van der Waals surface area contributed by atoms with E-state index in [4.69, 9.17) is 0 Å². The number of nitrogens with zero attached hydrogens (tertiary/aromatic N) is 3. The van der Waals surface area contributed by atoms with Gasteiger partial charge in [-0.3, -0.25) is 0 Å². The SMILES string of the molecule is CC.CCn1nnc2c1CCCCC(C)C2(F)F. The largest absolute Gasteiger partial charge is 0.295 e. The van der Waals surface area contributed by atoms with Crippen molar-refractivity contribution in [3.8, 4) is 0 Å². The predicted molar refractivity (Wildman–Crippen MR) is 67.7 cm³/mol. The highest BCUT2D eigenvalue weighted by atomic mass is 19.3. The van der Waals surface area contributed by atoms with Gasteiger partial charge in [-0.25, -0.2) is 4.68 Å². The van der Waals surface area contributed by atoms with Gasteiger partial charge in [0.15, 0.2) is 5.69 Å². The number of halogens is 2. The molecule has 18 heavy (non-hydrogen) atoms. The van der Waals surface area contributed by atoms with Crippen LogP contribution in [0.1, 0.15) is 58.3 Å². The summed E-state index contributed by atoms with van der Waals surface area (Å²) in [6.07, 6.45) is 3.02. The highest BCUT2D eigenvalue weighted by Crippen LogP contribution is 2.40. The molecule has 1 aliphatic carbocycles. The van der Waals surface area contributed by atoms with E-state index in [0.717, 1.165) is 12.8 Å². The molecule has 0 bridgehead atoms. The lowest BCUT2D eigenvalue weighted by Crippen LogP contribution is -2.27. The molecule has 104 valence electrons. The lowest BCUT2D eigenvalue weighted by atomic mass is 9.89. The summed E-state index contributed by atoms with van der Waals surface area (Å²) in [5, 5.41) is 7.51. The maximum Gasteiger partial charge on any atom is 0.295 e. The van der Waals surface area contributed by atoms with Crippen LogP contribution >= 0.6 is 0 Å². The fraction of sp³-hybridized carbons (Fsp3) is 0.846. The Morgan fingerprint density at radius 1 is 1.33 bits per heavy atom. The molecular weight excluding hydrogens is 236 g/mol. The Kier molecular flexibility index (Phi) is 5.23. The van der Waals surface area contributed by atoms with Crippen LogP contribution in [0.2, 0.25) is 0 Å². The van der Waals surface area contributed by atoms with Crippen LogP contribution in [-0.2, 0) is 18.9 Å². The Morgan fingerprint density at radius 2 is 2.00 bits per heavy atom. The molecule has 3 nitrogen and oxygen atoms in total. The zero-order chi connectivity index (χ0) is 13.8. The molecule has 1 aromatic heterocycles. The van der Waals surface area contributed by atoms with Gasteiger partial charge in [-0.05, 0) is 26.2 Å². The molecule has 0 aliphatic heterocycles. The van der Waals surface area contributed by atoms with Crippen molar-refractivity contribution in [1.82, 2.24) is 15.0 Å². The Balaban J connectivity index is 0.000000771. The first-order valence-electron chi connectivity index (χ1n) is 6.88. The molecule has 0 spiro atoms. The number of hydrogen-bond acceptors (Lipinski definition) is 2. The fourth-order valence-electron chi connectivity index (χ4n) is 2.25. The topological polar surface area (TPSA) is 30.7 Å². The van der Waals surface area contributed by atoms with Crippen LogP contribution < -0.4 is 0 Å². The standard InChI is InChI=1S/C11H17F2N3.C2H6/c1-3-16-9-7-5-4-6-8(2)11(12,13)10(9)14-15-16;1-2/h8H,3-7H2,1-2H3;1-2H3. The van der Waals surface area contributed by atoms with E-state index in [1.54, 1.807) is 11.6 Å². The van der Waals surface area contributed by atoms with E-state index in [-0.39, 0.29) is 5.69 Å². The summed E-state index contributed by atoms with van der Waals surface area (Å²) in [5.41, 5.74) is 0.528. The number of aryl methyl sites for hydroxylation is 1. The van der Waals surface area contributed by atoms with Gasteiger partial charge in [0.1, 0.15) is 0 Å². The minimum absolute atomic E-state index is 0.0958. The number of rotatable bonds is 1. The zero-order valence-electron chi connectivity index (χ0n) is 11.7. The molecule has 5 heteroatoms. The molecule has 1 aromatic rings. The maximum atomic E-state index is 14.1. The van der Waals surface area contributed by atoms with E-state index in [1.807, 2.05) is 20.8 Å². The number of aromatic nitrogens is 3. The summed E-state index contributed by atoms with van der Waals surface area (Å²) in [7, 11) is 0. The predicted octanol–water partition coefficient (Wildman–Crippen LogP) is 3.78. The van der Waals surface area contributed by atoms with E-state index in [0.29, 0.717) is 25.1 Å². The number of fused-ring (bicyclic) bond motifs is 1. The molecule has 0 saturated heterocycles. The summed E-state index contributed by atoms with van der Waals surface area (Å²) in [4.78, 5) is 0. The van der Waals surface area contributed by atoms with Gasteiger partial charge in [0, 0.05) is 12.5 Å². The van der Waals surface area contributed by atoms with Crippen molar-refractivity contribution in [2.75, 3.05) is 0 Å². The van der Waals surface area contributed by atoms with Crippen molar-refractivity contribution in [3.05, 3.63) is 11.4 Å². The summed E-state index contributed by atoms with van der Waals surface area (Å²) in [5.74, 6) is -3.48. The molecule has 0 fully saturated rings. The normalized spacial score (nSPS) is 22.2. The van der Waals surface area contributed by atoms with Crippen LogP contribution in [0.3, 0.4) is 0 Å². The Bertz CT molecular complexity index is 374. The molecule has 0 aromatic carbocycles. The lowest BCUT2D eigenvalue weighted by Gasteiger charge is -2.25. The molecule has 1 atom stereocenters. The van der Waals surface area contributed by atoms with Crippen molar-refractivity contribution < 1.29 is 8.78 Å². The fourth-order valence-corrected chi connectivity index (χ4v) is 2.25. The van der Waals surface area contributed by atoms with Gasteiger partial charge in [0.05, 0.1) is 5.69 Å². The van der Waals surface area contributed by atoms with Crippen LogP contribution in [0.5, 0.6) is 0 Å². The van der Waals surface area contributed by atoms with Crippen molar-refractivity contribution >= 4 is 0 Å². The highest BCUT2D eigenvalue weighted by molar-refractivity contribution is 5.18. The van der Waals surface area contributed by atoms with E-state index >= 15 is 0 Å². The maximum absolute atomic E-state index is 14.1. The molecule has 2 rings (SSSR count). The number of alkyl halides is 2. The first-order chi connectivity index (χ1) is 8.57. The average molecular weight is 259 g/mol. The summed E-state index contributed by atoms with van der Waals surface area (Å²) in [6, 6.07) is 0. The minimum Gasteiger partial charge on any atom is -0.249 e. The molecule has 1 aliphatic rings. The van der Waals surface area contributed by atoms with E-state index in [2.05, 4.69) is 10.3 Å². The Hall–Kier alpha value is -1.00. The smallest absolute Gasteiger partial charge is 0.249 e.